The molecule has 104 valence electrons. The lowest BCUT2D eigenvalue weighted by atomic mass is 10.1. The monoisotopic (exact) mass is 273 g/mol. The van der Waals surface area contributed by atoms with Gasteiger partial charge in [0, 0.05) is 11.8 Å². The Kier molecular flexibility index (Phi) is 3.20. The second kappa shape index (κ2) is 5.02. The summed E-state index contributed by atoms with van der Waals surface area (Å²) in [6.45, 7) is 2.26. The minimum atomic E-state index is -0.775. The van der Waals surface area contributed by atoms with Gasteiger partial charge < -0.3 is 19.1 Å². The van der Waals surface area contributed by atoms with Gasteiger partial charge in [-0.05, 0) is 30.7 Å². The van der Waals surface area contributed by atoms with E-state index in [1.807, 2.05) is 13.0 Å². The summed E-state index contributed by atoms with van der Waals surface area (Å²) in [6, 6.07) is 10.3. The number of ether oxygens (including phenoxy) is 2. The van der Waals surface area contributed by atoms with Gasteiger partial charge in [-0.2, -0.15) is 0 Å². The van der Waals surface area contributed by atoms with E-state index in [4.69, 9.17) is 9.47 Å². The number of hydrogen-bond donors (Lipinski definition) is 1. The maximum Gasteiger partial charge on any atom is 0.250 e. The standard InChI is InChI=1S/C15H15NO4/c1-10-3-2-4-15(18)16(10)8-12(17)11-5-6-13-14(7-11)20-9-19-13/h2-7,12,17H,8-9H2,1H3. The first-order valence-electron chi connectivity index (χ1n) is 6.39. The van der Waals surface area contributed by atoms with Crippen LogP contribution in [0.2, 0.25) is 0 Å². The molecule has 1 aliphatic heterocycles. The molecule has 1 N–H and O–H groups in total. The maximum atomic E-state index is 11.8. The average molecular weight is 273 g/mol. The molecule has 0 radical (unpaired) electrons. The number of aliphatic hydroxyl groups excluding tert-OH is 1. The molecule has 1 aromatic carbocycles. The Morgan fingerprint density at radius 2 is 2.05 bits per heavy atom. The predicted molar refractivity (Wildman–Crippen MR) is 73.0 cm³/mol. The van der Waals surface area contributed by atoms with Crippen LogP contribution >= 0.6 is 0 Å². The van der Waals surface area contributed by atoms with Crippen LogP contribution in [0.4, 0.5) is 0 Å². The molecule has 5 heteroatoms. The molecule has 0 aliphatic carbocycles. The highest BCUT2D eigenvalue weighted by atomic mass is 16.7. The Hall–Kier alpha value is -2.27. The van der Waals surface area contributed by atoms with Gasteiger partial charge in [0.2, 0.25) is 6.79 Å². The van der Waals surface area contributed by atoms with Crippen molar-refractivity contribution >= 4 is 0 Å². The molecular weight excluding hydrogens is 258 g/mol. The summed E-state index contributed by atoms with van der Waals surface area (Å²) < 4.78 is 12.1. The fourth-order valence-electron chi connectivity index (χ4n) is 2.26. The third kappa shape index (κ3) is 2.28. The van der Waals surface area contributed by atoms with Gasteiger partial charge in [0.1, 0.15) is 0 Å². The van der Waals surface area contributed by atoms with Gasteiger partial charge in [0.05, 0.1) is 12.6 Å². The zero-order valence-electron chi connectivity index (χ0n) is 11.1. The minimum absolute atomic E-state index is 0.121. The van der Waals surface area contributed by atoms with E-state index in [1.54, 1.807) is 28.8 Å². The number of benzene rings is 1. The highest BCUT2D eigenvalue weighted by Crippen LogP contribution is 2.34. The van der Waals surface area contributed by atoms with Gasteiger partial charge >= 0.3 is 0 Å². The molecule has 5 nitrogen and oxygen atoms in total. The molecule has 1 aliphatic rings. The van der Waals surface area contributed by atoms with Gasteiger partial charge in [0.15, 0.2) is 11.5 Å². The summed E-state index contributed by atoms with van der Waals surface area (Å²) in [4.78, 5) is 11.8. The number of rotatable bonds is 3. The van der Waals surface area contributed by atoms with Crippen LogP contribution in [0.5, 0.6) is 11.5 Å². The second-order valence-corrected chi connectivity index (χ2v) is 4.74. The number of aliphatic hydroxyl groups is 1. The van der Waals surface area contributed by atoms with Crippen LogP contribution in [0.3, 0.4) is 0 Å². The average Bonchev–Trinajstić information content (AvgIpc) is 2.90. The van der Waals surface area contributed by atoms with Crippen molar-refractivity contribution in [2.75, 3.05) is 6.79 Å². The fraction of sp³-hybridized carbons (Fsp3) is 0.267. The largest absolute Gasteiger partial charge is 0.454 e. The predicted octanol–water partition coefficient (Wildman–Crippen LogP) is 1.62. The number of aromatic nitrogens is 1. The Morgan fingerprint density at radius 1 is 1.25 bits per heavy atom. The number of nitrogens with zero attached hydrogens (tertiary/aromatic N) is 1. The molecule has 1 aromatic heterocycles. The maximum absolute atomic E-state index is 11.8. The normalized spacial score (nSPS) is 14.3. The first kappa shape index (κ1) is 12.7. The van der Waals surface area contributed by atoms with Gasteiger partial charge in [-0.3, -0.25) is 4.79 Å². The lowest BCUT2D eigenvalue weighted by Gasteiger charge is -2.15. The van der Waals surface area contributed by atoms with Gasteiger partial charge in [-0.25, -0.2) is 0 Å². The lowest BCUT2D eigenvalue weighted by molar-refractivity contribution is 0.153. The molecule has 0 saturated heterocycles. The third-order valence-electron chi connectivity index (χ3n) is 3.40. The molecule has 1 unspecified atom stereocenters. The summed E-state index contributed by atoms with van der Waals surface area (Å²) in [7, 11) is 0. The topological polar surface area (TPSA) is 60.7 Å². The molecule has 2 aromatic rings. The summed E-state index contributed by atoms with van der Waals surface area (Å²) >= 11 is 0. The van der Waals surface area contributed by atoms with Crippen molar-refractivity contribution in [1.82, 2.24) is 4.57 Å². The fourth-order valence-corrected chi connectivity index (χ4v) is 2.26. The van der Waals surface area contributed by atoms with Crippen LogP contribution in [0, 0.1) is 6.92 Å². The van der Waals surface area contributed by atoms with Crippen LogP contribution in [0.1, 0.15) is 17.4 Å². The zero-order valence-corrected chi connectivity index (χ0v) is 11.1. The van der Waals surface area contributed by atoms with Crippen molar-refractivity contribution in [2.45, 2.75) is 19.6 Å². The molecule has 0 bridgehead atoms. The number of aryl methyl sites for hydroxylation is 1. The summed E-state index contributed by atoms with van der Waals surface area (Å²) in [5.41, 5.74) is 1.39. The van der Waals surface area contributed by atoms with Gasteiger partial charge in [-0.15, -0.1) is 0 Å². The van der Waals surface area contributed by atoms with E-state index in [0.29, 0.717) is 17.1 Å². The highest BCUT2D eigenvalue weighted by Gasteiger charge is 2.17. The molecule has 0 amide bonds. The van der Waals surface area contributed by atoms with E-state index in [-0.39, 0.29) is 18.9 Å². The molecular formula is C15H15NO4. The smallest absolute Gasteiger partial charge is 0.250 e. The summed E-state index contributed by atoms with van der Waals surface area (Å²) in [6.07, 6.45) is -0.775. The van der Waals surface area contributed by atoms with E-state index in [2.05, 4.69) is 0 Å². The first-order valence-corrected chi connectivity index (χ1v) is 6.39. The lowest BCUT2D eigenvalue weighted by Crippen LogP contribution is -2.24. The van der Waals surface area contributed by atoms with Crippen molar-refractivity contribution in [2.24, 2.45) is 0 Å². The Balaban J connectivity index is 1.86. The molecule has 2 heterocycles. The quantitative estimate of drug-likeness (QED) is 0.923. The molecule has 0 saturated carbocycles. The third-order valence-corrected chi connectivity index (χ3v) is 3.40. The van der Waals surface area contributed by atoms with E-state index in [1.165, 1.54) is 6.07 Å². The van der Waals surface area contributed by atoms with E-state index in [0.717, 1.165) is 5.69 Å². The van der Waals surface area contributed by atoms with Crippen LogP contribution in [-0.2, 0) is 6.54 Å². The molecule has 1 atom stereocenters. The molecule has 3 rings (SSSR count). The van der Waals surface area contributed by atoms with E-state index in [9.17, 15) is 9.90 Å². The Labute approximate surface area is 116 Å². The van der Waals surface area contributed by atoms with Gasteiger partial charge in [0.25, 0.3) is 5.56 Å². The minimum Gasteiger partial charge on any atom is -0.454 e. The summed E-state index contributed by atoms with van der Waals surface area (Å²) in [5, 5.41) is 10.3. The number of fused-ring (bicyclic) bond motifs is 1. The SMILES string of the molecule is Cc1cccc(=O)n1CC(O)c1ccc2c(c1)OCO2. The number of hydrogen-bond acceptors (Lipinski definition) is 4. The first-order chi connectivity index (χ1) is 9.65. The van der Waals surface area contributed by atoms with Crippen LogP contribution < -0.4 is 15.0 Å². The molecule has 0 spiro atoms. The highest BCUT2D eigenvalue weighted by molar-refractivity contribution is 5.45. The van der Waals surface area contributed by atoms with E-state index < -0.39 is 6.10 Å². The van der Waals surface area contributed by atoms with Crippen LogP contribution in [0.15, 0.2) is 41.2 Å². The van der Waals surface area contributed by atoms with E-state index >= 15 is 0 Å². The van der Waals surface area contributed by atoms with Crippen LogP contribution in [0.25, 0.3) is 0 Å². The zero-order chi connectivity index (χ0) is 14.1. The van der Waals surface area contributed by atoms with Crippen molar-refractivity contribution in [1.29, 1.82) is 0 Å². The van der Waals surface area contributed by atoms with Crippen molar-refractivity contribution < 1.29 is 14.6 Å². The Morgan fingerprint density at radius 3 is 2.85 bits per heavy atom. The van der Waals surface area contributed by atoms with Crippen molar-refractivity contribution in [3.05, 3.63) is 58.0 Å². The number of pyridine rings is 1. The Bertz CT molecular complexity index is 693. The second-order valence-electron chi connectivity index (χ2n) is 4.74. The van der Waals surface area contributed by atoms with Crippen LogP contribution in [-0.4, -0.2) is 16.5 Å². The molecule has 20 heavy (non-hydrogen) atoms. The summed E-state index contributed by atoms with van der Waals surface area (Å²) in [5.74, 6) is 1.30. The molecule has 0 fully saturated rings. The van der Waals surface area contributed by atoms with Gasteiger partial charge in [-0.1, -0.05) is 12.1 Å². The van der Waals surface area contributed by atoms with Crippen molar-refractivity contribution in [3.8, 4) is 11.5 Å². The van der Waals surface area contributed by atoms with Crippen molar-refractivity contribution in [3.63, 3.8) is 0 Å².